The minimum Gasteiger partial charge on any atom is -0.506 e. The van der Waals surface area contributed by atoms with E-state index in [2.05, 4.69) is 0 Å². The van der Waals surface area contributed by atoms with Crippen LogP contribution in [-0.2, 0) is 10.1 Å². The molecule has 0 aliphatic carbocycles. The Kier molecular flexibility index (Phi) is 2.59. The van der Waals surface area contributed by atoms with Crippen LogP contribution in [0.3, 0.4) is 0 Å². The fourth-order valence-corrected chi connectivity index (χ4v) is 2.01. The van der Waals surface area contributed by atoms with Crippen LogP contribution >= 0.6 is 22.6 Å². The fourth-order valence-electron chi connectivity index (χ4n) is 0.695. The van der Waals surface area contributed by atoms with Gasteiger partial charge in [-0.15, -0.1) is 0 Å². The van der Waals surface area contributed by atoms with Crippen molar-refractivity contribution in [2.75, 3.05) is 0 Å². The van der Waals surface area contributed by atoms with Gasteiger partial charge in [-0.3, -0.25) is 4.55 Å². The average Bonchev–Trinajstić information content (AvgIpc) is 1.92. The standard InChI is InChI=1S/C6H5IO4S/c7-4-1-2-5(8)6(3-4)12(9,10)11/h1-3,8H,(H,9,10,11). The second-order valence-corrected chi connectivity index (χ2v) is 4.72. The molecule has 0 fully saturated rings. The highest BCUT2D eigenvalue weighted by Gasteiger charge is 2.14. The van der Waals surface area contributed by atoms with Crippen molar-refractivity contribution in [1.82, 2.24) is 0 Å². The minimum atomic E-state index is -4.31. The maximum absolute atomic E-state index is 10.6. The summed E-state index contributed by atoms with van der Waals surface area (Å²) in [5.74, 6) is -0.446. The molecule has 6 heteroatoms. The molecule has 1 rings (SSSR count). The van der Waals surface area contributed by atoms with Gasteiger partial charge in [0.25, 0.3) is 10.1 Å². The Morgan fingerprint density at radius 3 is 2.33 bits per heavy atom. The van der Waals surface area contributed by atoms with Crippen molar-refractivity contribution in [3.63, 3.8) is 0 Å². The van der Waals surface area contributed by atoms with Gasteiger partial charge in [-0.1, -0.05) is 0 Å². The number of halogens is 1. The number of aromatic hydroxyl groups is 1. The summed E-state index contributed by atoms with van der Waals surface area (Å²) in [4.78, 5) is -0.464. The lowest BCUT2D eigenvalue weighted by atomic mass is 10.3. The van der Waals surface area contributed by atoms with Gasteiger partial charge in [-0.05, 0) is 40.8 Å². The van der Waals surface area contributed by atoms with Gasteiger partial charge in [0.05, 0.1) is 0 Å². The van der Waals surface area contributed by atoms with E-state index in [-0.39, 0.29) is 0 Å². The Bertz CT molecular complexity index is 398. The Morgan fingerprint density at radius 2 is 1.92 bits per heavy atom. The SMILES string of the molecule is O=S(=O)(O)c1cc(I)ccc1O. The van der Waals surface area contributed by atoms with E-state index in [0.29, 0.717) is 3.57 Å². The van der Waals surface area contributed by atoms with Crippen molar-refractivity contribution in [1.29, 1.82) is 0 Å². The molecular formula is C6H5IO4S. The van der Waals surface area contributed by atoms with Crippen LogP contribution in [0.15, 0.2) is 23.1 Å². The lowest BCUT2D eigenvalue weighted by Crippen LogP contribution is -1.98. The molecule has 0 saturated carbocycles. The largest absolute Gasteiger partial charge is 0.506 e. The summed E-state index contributed by atoms with van der Waals surface area (Å²) in [6.07, 6.45) is 0. The van der Waals surface area contributed by atoms with Crippen molar-refractivity contribution >= 4 is 32.7 Å². The molecule has 12 heavy (non-hydrogen) atoms. The molecule has 0 radical (unpaired) electrons. The molecule has 0 aromatic heterocycles. The zero-order valence-corrected chi connectivity index (χ0v) is 8.70. The molecule has 0 heterocycles. The second-order valence-electron chi connectivity index (χ2n) is 2.09. The van der Waals surface area contributed by atoms with Crippen LogP contribution in [0.1, 0.15) is 0 Å². The summed E-state index contributed by atoms with van der Waals surface area (Å²) in [6, 6.07) is 3.93. The van der Waals surface area contributed by atoms with E-state index in [4.69, 9.17) is 9.66 Å². The van der Waals surface area contributed by atoms with Crippen molar-refractivity contribution < 1.29 is 18.1 Å². The molecule has 0 bridgehead atoms. The quantitative estimate of drug-likeness (QED) is 0.604. The predicted octanol–water partition coefficient (Wildman–Crippen LogP) is 1.24. The van der Waals surface area contributed by atoms with Crippen molar-refractivity contribution in [2.24, 2.45) is 0 Å². The summed E-state index contributed by atoms with van der Waals surface area (Å²) < 4.78 is 30.4. The summed E-state index contributed by atoms with van der Waals surface area (Å²) in [6.45, 7) is 0. The first-order chi connectivity index (χ1) is 5.41. The molecule has 0 atom stereocenters. The number of hydrogen-bond donors (Lipinski definition) is 2. The van der Waals surface area contributed by atoms with E-state index in [1.165, 1.54) is 18.2 Å². The molecule has 0 aliphatic rings. The molecule has 2 N–H and O–H groups in total. The molecule has 0 spiro atoms. The third kappa shape index (κ3) is 2.08. The second kappa shape index (κ2) is 3.19. The highest BCUT2D eigenvalue weighted by atomic mass is 127. The molecule has 1 aromatic rings. The predicted molar refractivity (Wildman–Crippen MR) is 50.6 cm³/mol. The molecule has 0 amide bonds. The zero-order chi connectivity index (χ0) is 9.35. The Labute approximate surface area is 83.1 Å². The first kappa shape index (κ1) is 9.75. The van der Waals surface area contributed by atoms with Crippen molar-refractivity contribution in [2.45, 2.75) is 4.90 Å². The van der Waals surface area contributed by atoms with E-state index in [1.54, 1.807) is 0 Å². The van der Waals surface area contributed by atoms with Gasteiger partial charge in [0.15, 0.2) is 0 Å². The monoisotopic (exact) mass is 300 g/mol. The molecule has 1 aromatic carbocycles. The summed E-state index contributed by atoms with van der Waals surface area (Å²) in [5.41, 5.74) is 0. The molecule has 4 nitrogen and oxygen atoms in total. The van der Waals surface area contributed by atoms with Crippen molar-refractivity contribution in [3.8, 4) is 5.75 Å². The first-order valence-corrected chi connectivity index (χ1v) is 5.39. The lowest BCUT2D eigenvalue weighted by molar-refractivity contribution is 0.443. The van der Waals surface area contributed by atoms with Crippen LogP contribution in [0.25, 0.3) is 0 Å². The Morgan fingerprint density at radius 1 is 1.33 bits per heavy atom. The van der Waals surface area contributed by atoms with Gasteiger partial charge in [-0.25, -0.2) is 0 Å². The van der Waals surface area contributed by atoms with Gasteiger partial charge in [0, 0.05) is 3.57 Å². The van der Waals surface area contributed by atoms with E-state index >= 15 is 0 Å². The van der Waals surface area contributed by atoms with E-state index in [9.17, 15) is 8.42 Å². The van der Waals surface area contributed by atoms with Gasteiger partial charge in [-0.2, -0.15) is 8.42 Å². The number of rotatable bonds is 1. The van der Waals surface area contributed by atoms with Crippen LogP contribution in [0.4, 0.5) is 0 Å². The van der Waals surface area contributed by atoms with Crippen LogP contribution in [-0.4, -0.2) is 18.1 Å². The van der Waals surface area contributed by atoms with Crippen LogP contribution in [0.5, 0.6) is 5.75 Å². The van der Waals surface area contributed by atoms with Gasteiger partial charge in [0.1, 0.15) is 10.6 Å². The Hall–Kier alpha value is -0.340. The minimum absolute atomic E-state index is 0.446. The number of hydrogen-bond acceptors (Lipinski definition) is 3. The molecule has 0 unspecified atom stereocenters. The smallest absolute Gasteiger partial charge is 0.298 e. The molecule has 0 aliphatic heterocycles. The lowest BCUT2D eigenvalue weighted by Gasteiger charge is -2.00. The van der Waals surface area contributed by atoms with Crippen LogP contribution in [0, 0.1) is 3.57 Å². The summed E-state index contributed by atoms with van der Waals surface area (Å²) in [5, 5.41) is 9.03. The van der Waals surface area contributed by atoms with Gasteiger partial charge >= 0.3 is 0 Å². The van der Waals surface area contributed by atoms with Gasteiger partial charge < -0.3 is 5.11 Å². The average molecular weight is 300 g/mol. The summed E-state index contributed by atoms with van der Waals surface area (Å²) >= 11 is 1.88. The van der Waals surface area contributed by atoms with Gasteiger partial charge in [0.2, 0.25) is 0 Å². The van der Waals surface area contributed by atoms with Crippen LogP contribution < -0.4 is 0 Å². The normalized spacial score (nSPS) is 11.5. The third-order valence-electron chi connectivity index (χ3n) is 1.20. The first-order valence-electron chi connectivity index (χ1n) is 2.87. The molecule has 66 valence electrons. The summed E-state index contributed by atoms with van der Waals surface area (Å²) in [7, 11) is -4.31. The number of phenolic OH excluding ortho intramolecular Hbond substituents is 1. The highest BCUT2D eigenvalue weighted by Crippen LogP contribution is 2.23. The molecular weight excluding hydrogens is 295 g/mol. The van der Waals surface area contributed by atoms with E-state index in [1.807, 2.05) is 22.6 Å². The van der Waals surface area contributed by atoms with E-state index < -0.39 is 20.8 Å². The molecule has 0 saturated heterocycles. The topological polar surface area (TPSA) is 74.6 Å². The van der Waals surface area contributed by atoms with E-state index in [0.717, 1.165) is 0 Å². The highest BCUT2D eigenvalue weighted by molar-refractivity contribution is 14.1. The maximum atomic E-state index is 10.6. The fraction of sp³-hybridized carbons (Fsp3) is 0. The third-order valence-corrected chi connectivity index (χ3v) is 2.75. The van der Waals surface area contributed by atoms with Crippen LogP contribution in [0.2, 0.25) is 0 Å². The number of phenols is 1. The number of benzene rings is 1. The van der Waals surface area contributed by atoms with Crippen molar-refractivity contribution in [3.05, 3.63) is 21.8 Å². The maximum Gasteiger partial charge on any atom is 0.298 e. The Balaban J connectivity index is 3.43. The zero-order valence-electron chi connectivity index (χ0n) is 5.73.